The number of allylic oxidation sites excluding steroid dienone is 4. The number of rotatable bonds is 8. The van der Waals surface area contributed by atoms with Crippen LogP contribution in [0, 0.1) is 39.3 Å². The molecule has 8 heteroatoms. The maximum Gasteiger partial charge on any atom is 0.317 e. The molecule has 6 nitrogen and oxygen atoms in total. The fourth-order valence-corrected chi connectivity index (χ4v) is 12.3. The molecule has 2 spiro atoms. The molecular weight excluding hydrogens is 687 g/mol. The normalized spacial score (nSPS) is 35.4. The molecule has 53 heavy (non-hydrogen) atoms. The van der Waals surface area contributed by atoms with Crippen LogP contribution in [0.4, 0.5) is 9.18 Å². The van der Waals surface area contributed by atoms with E-state index in [2.05, 4.69) is 61.7 Å². The van der Waals surface area contributed by atoms with E-state index in [4.69, 9.17) is 11.6 Å². The summed E-state index contributed by atoms with van der Waals surface area (Å²) in [7, 11) is 0. The molecule has 3 N–H and O–H groups in total. The lowest BCUT2D eigenvalue weighted by Crippen LogP contribution is -2.67. The van der Waals surface area contributed by atoms with E-state index in [1.807, 2.05) is 32.0 Å². The number of urea groups is 1. The molecule has 3 fully saturated rings. The van der Waals surface area contributed by atoms with Gasteiger partial charge in [0.15, 0.2) is 5.78 Å². The maximum absolute atomic E-state index is 15.2. The summed E-state index contributed by atoms with van der Waals surface area (Å²) >= 11 is 6.49. The molecule has 0 heterocycles. The summed E-state index contributed by atoms with van der Waals surface area (Å²) < 4.78 is 15.2. The zero-order valence-corrected chi connectivity index (χ0v) is 32.1. The number of ketones is 1. The quantitative estimate of drug-likeness (QED) is 0.201. The average molecular weight is 739 g/mol. The van der Waals surface area contributed by atoms with Gasteiger partial charge in [-0.3, -0.25) is 4.79 Å². The van der Waals surface area contributed by atoms with Crippen LogP contribution in [-0.2, 0) is 17.8 Å². The molecule has 1 unspecified atom stereocenters. The summed E-state index contributed by atoms with van der Waals surface area (Å²) in [6.45, 7) is 8.90. The number of benzene rings is 3. The average Bonchev–Trinajstić information content (AvgIpc) is 3.39. The molecule has 9 rings (SSSR count). The largest absolute Gasteiger partial charge is 0.393 e. The second-order valence-corrected chi connectivity index (χ2v) is 18.1. The molecule has 0 radical (unpaired) electrons. The number of aliphatic hydroxyl groups excluding tert-OH is 1. The Morgan fingerprint density at radius 1 is 0.943 bits per heavy atom. The van der Waals surface area contributed by atoms with Crippen LogP contribution in [-0.4, -0.2) is 51.2 Å². The Hall–Kier alpha value is -3.52. The highest BCUT2D eigenvalue weighted by Crippen LogP contribution is 2.78. The zero-order valence-electron chi connectivity index (χ0n) is 31.3. The Morgan fingerprint density at radius 3 is 2.42 bits per heavy atom. The van der Waals surface area contributed by atoms with Crippen LogP contribution in [0.15, 0.2) is 84.5 Å². The van der Waals surface area contributed by atoms with E-state index in [0.29, 0.717) is 37.8 Å². The van der Waals surface area contributed by atoms with Gasteiger partial charge >= 0.3 is 6.03 Å². The van der Waals surface area contributed by atoms with Gasteiger partial charge in [-0.15, -0.1) is 0 Å². The molecule has 3 aromatic carbocycles. The van der Waals surface area contributed by atoms with Gasteiger partial charge < -0.3 is 20.4 Å². The highest BCUT2D eigenvalue weighted by Gasteiger charge is 2.74. The third-order valence-electron chi connectivity index (χ3n) is 14.8. The van der Waals surface area contributed by atoms with E-state index in [1.54, 1.807) is 17.0 Å². The topological polar surface area (TPSA) is 89.9 Å². The van der Waals surface area contributed by atoms with Gasteiger partial charge in [-0.25, -0.2) is 9.18 Å². The Morgan fingerprint density at radius 2 is 1.64 bits per heavy atom. The first-order valence-electron chi connectivity index (χ1n) is 19.5. The summed E-state index contributed by atoms with van der Waals surface area (Å²) in [5.41, 5.74) is -1.35. The van der Waals surface area contributed by atoms with E-state index in [-0.39, 0.29) is 58.7 Å². The van der Waals surface area contributed by atoms with Crippen molar-refractivity contribution < 1.29 is 24.2 Å². The molecule has 280 valence electrons. The minimum atomic E-state index is -1.23. The summed E-state index contributed by atoms with van der Waals surface area (Å²) in [5.74, 6) is -0.649. The summed E-state index contributed by atoms with van der Waals surface area (Å²) in [5, 5.41) is 29.6. The number of amides is 2. The van der Waals surface area contributed by atoms with Crippen LogP contribution in [0.2, 0.25) is 5.02 Å². The summed E-state index contributed by atoms with van der Waals surface area (Å²) in [6.07, 6.45) is 10.8. The molecule has 2 amide bonds. The van der Waals surface area contributed by atoms with Gasteiger partial charge in [-0.1, -0.05) is 92.2 Å². The van der Waals surface area contributed by atoms with Gasteiger partial charge in [0.1, 0.15) is 5.82 Å². The highest BCUT2D eigenvalue weighted by molar-refractivity contribution is 6.31. The lowest BCUT2D eigenvalue weighted by molar-refractivity contribution is -0.177. The van der Waals surface area contributed by atoms with Crippen LogP contribution in [0.3, 0.4) is 0 Å². The Bertz CT molecular complexity index is 2020. The van der Waals surface area contributed by atoms with Crippen molar-refractivity contribution in [2.45, 2.75) is 103 Å². The van der Waals surface area contributed by atoms with Gasteiger partial charge in [0.2, 0.25) is 0 Å². The predicted octanol–water partition coefficient (Wildman–Crippen LogP) is 8.96. The van der Waals surface area contributed by atoms with E-state index in [0.717, 1.165) is 35.6 Å². The van der Waals surface area contributed by atoms with E-state index in [9.17, 15) is 19.8 Å². The lowest BCUT2D eigenvalue weighted by atomic mass is 9.32. The molecule has 0 saturated heterocycles. The lowest BCUT2D eigenvalue weighted by Gasteiger charge is -2.71. The van der Waals surface area contributed by atoms with Crippen molar-refractivity contribution in [2.75, 3.05) is 6.54 Å². The van der Waals surface area contributed by atoms with E-state index < -0.39 is 33.8 Å². The fourth-order valence-electron chi connectivity index (χ4n) is 12.1. The smallest absolute Gasteiger partial charge is 0.317 e. The number of Topliss-reactive ketones (excluding diaryl/α,β-unsaturated/α-hetero) is 1. The zero-order chi connectivity index (χ0) is 37.6. The molecule has 3 saturated carbocycles. The monoisotopic (exact) mass is 738 g/mol. The summed E-state index contributed by atoms with van der Waals surface area (Å²) in [6, 6.07) is 18.5. The van der Waals surface area contributed by atoms with Gasteiger partial charge in [-0.05, 0) is 105 Å². The van der Waals surface area contributed by atoms with Crippen LogP contribution in [0.25, 0.3) is 10.8 Å². The second-order valence-electron chi connectivity index (χ2n) is 17.7. The number of aliphatic hydroxyl groups is 2. The number of carbonyl (C=O) groups excluding carboxylic acids is 2. The van der Waals surface area contributed by atoms with Crippen LogP contribution in [0.1, 0.15) is 83.8 Å². The first-order chi connectivity index (χ1) is 25.2. The van der Waals surface area contributed by atoms with Crippen molar-refractivity contribution in [3.05, 3.63) is 106 Å². The summed E-state index contributed by atoms with van der Waals surface area (Å²) in [4.78, 5) is 30.6. The number of halogens is 2. The van der Waals surface area contributed by atoms with Crippen molar-refractivity contribution in [3.8, 4) is 0 Å². The number of carbonyl (C=O) groups is 2. The Labute approximate surface area is 317 Å². The van der Waals surface area contributed by atoms with Crippen molar-refractivity contribution >= 4 is 34.2 Å². The molecule has 2 bridgehead atoms. The van der Waals surface area contributed by atoms with Gasteiger partial charge in [-0.2, -0.15) is 0 Å². The standard InChI is InChI=1S/C45H52ClFN2O4/c1-28(2)48-40(52)49(26-30-11-7-10-29-9-5-6-12-32(29)30)27-44(53)20-17-39-42(44,4)19-16-38-41(3)18-15-31(50)24-43(41)21-22-45(38,39)34(25-43)37(51)23-33-35(46)13-8-14-36(33)47/h5-14,21-22,25,28,31,38-39,50,53H,15-20,23-24,26-27H2,1-4H3,(H,48,52)/t31?,38-,39-,41-,42+,43+,44-,45-/m1/s1. The molecule has 8 atom stereocenters. The first kappa shape index (κ1) is 36.5. The first-order valence-corrected chi connectivity index (χ1v) is 19.9. The van der Waals surface area contributed by atoms with Crippen molar-refractivity contribution in [1.29, 1.82) is 0 Å². The van der Waals surface area contributed by atoms with E-state index in [1.165, 1.54) is 6.07 Å². The molecular formula is C45H52ClFN2O4. The molecule has 6 aliphatic carbocycles. The highest BCUT2D eigenvalue weighted by atomic mass is 35.5. The number of hydrogen-bond donors (Lipinski definition) is 3. The van der Waals surface area contributed by atoms with Gasteiger partial charge in [0.05, 0.1) is 18.2 Å². The van der Waals surface area contributed by atoms with Crippen LogP contribution in [0.5, 0.6) is 0 Å². The number of nitrogens with zero attached hydrogens (tertiary/aromatic N) is 1. The second kappa shape index (κ2) is 12.8. The Balaban J connectivity index is 1.20. The molecule has 3 aromatic rings. The minimum absolute atomic E-state index is 0.0836. The van der Waals surface area contributed by atoms with Crippen molar-refractivity contribution in [1.82, 2.24) is 10.2 Å². The minimum Gasteiger partial charge on any atom is -0.393 e. The number of hydrogen-bond acceptors (Lipinski definition) is 4. The fraction of sp³-hybridized carbons (Fsp3) is 0.511. The van der Waals surface area contributed by atoms with Gasteiger partial charge in [0, 0.05) is 51.4 Å². The molecule has 0 aromatic heterocycles. The number of nitrogens with one attached hydrogen (secondary N) is 1. The van der Waals surface area contributed by atoms with Crippen LogP contribution >= 0.6 is 11.6 Å². The third kappa shape index (κ3) is 5.38. The SMILES string of the molecule is CC(C)NC(=O)N(Cc1cccc2ccccc12)C[C@]1(O)CC[C@H]2[C@]34C=C[C@@]5(C=C3C(=O)Cc3c(F)cccc3Cl)CC(O)CC[C@]5(C)[C@H]4CC[C@@]21C. The molecule has 6 aliphatic rings. The van der Waals surface area contributed by atoms with Crippen LogP contribution < -0.4 is 5.32 Å². The molecule has 0 aliphatic heterocycles. The predicted molar refractivity (Wildman–Crippen MR) is 207 cm³/mol. The number of fused-ring (bicyclic) bond motifs is 2. The van der Waals surface area contributed by atoms with E-state index >= 15 is 4.39 Å². The van der Waals surface area contributed by atoms with Crippen molar-refractivity contribution in [3.63, 3.8) is 0 Å². The Kier molecular flexibility index (Phi) is 8.79. The maximum atomic E-state index is 15.2. The third-order valence-corrected chi connectivity index (χ3v) is 15.2. The van der Waals surface area contributed by atoms with Gasteiger partial charge in [0.25, 0.3) is 0 Å². The van der Waals surface area contributed by atoms with Crippen molar-refractivity contribution in [2.24, 2.45) is 33.5 Å².